The Labute approximate surface area is 141 Å². The van der Waals surface area contributed by atoms with Crippen LogP contribution in [-0.2, 0) is 25.5 Å². The molecule has 132 valence electrons. The first-order valence-electron chi connectivity index (χ1n) is 7.96. The second kappa shape index (κ2) is 7.06. The Bertz CT molecular complexity index is 567. The van der Waals surface area contributed by atoms with Crippen LogP contribution in [0.25, 0.3) is 0 Å². The van der Waals surface area contributed by atoms with Crippen LogP contribution >= 0.6 is 0 Å². The van der Waals surface area contributed by atoms with Gasteiger partial charge in [0.1, 0.15) is 17.9 Å². The van der Waals surface area contributed by atoms with Gasteiger partial charge in [0.05, 0.1) is 34.0 Å². The Hall–Kier alpha value is -1.67. The Morgan fingerprint density at radius 3 is 2.54 bits per heavy atom. The van der Waals surface area contributed by atoms with Gasteiger partial charge in [0, 0.05) is 13.0 Å². The molecule has 1 N–H and O–H groups in total. The third kappa shape index (κ3) is 3.54. The summed E-state index contributed by atoms with van der Waals surface area (Å²) >= 11 is 0. The molecule has 0 bridgehead atoms. The van der Waals surface area contributed by atoms with E-state index < -0.39 is 17.9 Å². The van der Waals surface area contributed by atoms with Gasteiger partial charge in [-0.2, -0.15) is 0 Å². The van der Waals surface area contributed by atoms with Crippen molar-refractivity contribution in [2.75, 3.05) is 34.0 Å². The average molecular weight is 337 g/mol. The third-order valence-electron chi connectivity index (χ3n) is 4.48. The summed E-state index contributed by atoms with van der Waals surface area (Å²) in [5.41, 5.74) is 1.05. The van der Waals surface area contributed by atoms with E-state index in [-0.39, 0.29) is 19.2 Å². The quantitative estimate of drug-likeness (QED) is 0.804. The molecule has 1 aromatic rings. The molecule has 2 fully saturated rings. The van der Waals surface area contributed by atoms with Crippen molar-refractivity contribution < 1.29 is 28.8 Å². The van der Waals surface area contributed by atoms with Crippen molar-refractivity contribution >= 4 is 5.97 Å². The monoisotopic (exact) mass is 337 g/mol. The van der Waals surface area contributed by atoms with Crippen molar-refractivity contribution in [3.8, 4) is 5.75 Å². The van der Waals surface area contributed by atoms with Crippen LogP contribution in [0.15, 0.2) is 24.3 Å². The SMILES string of the molecule is COC(=O)[C@H]1CC2(CN1Cc1ccc(OC)cc1)OCC(O)CO2. The highest BCUT2D eigenvalue weighted by atomic mass is 16.7. The van der Waals surface area contributed by atoms with E-state index in [0.29, 0.717) is 19.5 Å². The molecule has 0 saturated carbocycles. The van der Waals surface area contributed by atoms with Crippen molar-refractivity contribution in [2.45, 2.75) is 30.9 Å². The largest absolute Gasteiger partial charge is 0.497 e. The number of rotatable bonds is 4. The van der Waals surface area contributed by atoms with Crippen LogP contribution in [0.1, 0.15) is 12.0 Å². The number of carbonyl (C=O) groups excluding carboxylic acids is 1. The van der Waals surface area contributed by atoms with Crippen LogP contribution in [0.3, 0.4) is 0 Å². The summed E-state index contributed by atoms with van der Waals surface area (Å²) in [5, 5.41) is 9.56. The molecule has 1 atom stereocenters. The van der Waals surface area contributed by atoms with Crippen LogP contribution < -0.4 is 4.74 Å². The number of methoxy groups -OCH3 is 2. The molecule has 2 heterocycles. The van der Waals surface area contributed by atoms with Crippen LogP contribution in [-0.4, -0.2) is 67.9 Å². The smallest absolute Gasteiger partial charge is 0.323 e. The summed E-state index contributed by atoms with van der Waals surface area (Å²) in [5.74, 6) is -0.377. The summed E-state index contributed by atoms with van der Waals surface area (Å²) in [6.07, 6.45) is -0.231. The number of hydrogen-bond acceptors (Lipinski definition) is 7. The zero-order valence-corrected chi connectivity index (χ0v) is 13.9. The first-order chi connectivity index (χ1) is 11.5. The summed E-state index contributed by atoms with van der Waals surface area (Å²) in [4.78, 5) is 14.2. The molecule has 24 heavy (non-hydrogen) atoms. The fourth-order valence-electron chi connectivity index (χ4n) is 3.20. The Balaban J connectivity index is 1.74. The molecule has 2 saturated heterocycles. The van der Waals surface area contributed by atoms with E-state index in [1.54, 1.807) is 7.11 Å². The minimum atomic E-state index is -0.857. The molecule has 3 rings (SSSR count). The zero-order valence-electron chi connectivity index (χ0n) is 13.9. The first kappa shape index (κ1) is 17.2. The Morgan fingerprint density at radius 2 is 1.96 bits per heavy atom. The van der Waals surface area contributed by atoms with E-state index in [1.807, 2.05) is 29.2 Å². The number of esters is 1. The van der Waals surface area contributed by atoms with Crippen molar-refractivity contribution in [1.29, 1.82) is 0 Å². The lowest BCUT2D eigenvalue weighted by Gasteiger charge is -2.35. The molecule has 0 amide bonds. The van der Waals surface area contributed by atoms with Crippen LogP contribution in [0.2, 0.25) is 0 Å². The number of aliphatic hydroxyl groups excluding tert-OH is 1. The van der Waals surface area contributed by atoms with Crippen molar-refractivity contribution in [3.63, 3.8) is 0 Å². The van der Waals surface area contributed by atoms with Crippen molar-refractivity contribution in [2.24, 2.45) is 0 Å². The third-order valence-corrected chi connectivity index (χ3v) is 4.48. The number of likely N-dealkylation sites (tertiary alicyclic amines) is 1. The molecule has 2 aliphatic rings. The average Bonchev–Trinajstić information content (AvgIpc) is 2.96. The Kier molecular flexibility index (Phi) is 5.05. The maximum Gasteiger partial charge on any atom is 0.323 e. The molecule has 0 aromatic heterocycles. The summed E-state index contributed by atoms with van der Waals surface area (Å²) in [6.45, 7) is 1.45. The predicted octanol–water partition coefficient (Wildman–Crippen LogP) is 0.546. The van der Waals surface area contributed by atoms with E-state index in [4.69, 9.17) is 18.9 Å². The van der Waals surface area contributed by atoms with Gasteiger partial charge in [-0.05, 0) is 17.7 Å². The molecular weight excluding hydrogens is 314 g/mol. The highest BCUT2D eigenvalue weighted by Gasteiger charge is 2.51. The molecule has 2 aliphatic heterocycles. The summed E-state index contributed by atoms with van der Waals surface area (Å²) in [7, 11) is 3.00. The van der Waals surface area contributed by atoms with E-state index in [0.717, 1.165) is 11.3 Å². The maximum atomic E-state index is 12.2. The van der Waals surface area contributed by atoms with Gasteiger partial charge < -0.3 is 24.1 Å². The van der Waals surface area contributed by atoms with Gasteiger partial charge in [-0.3, -0.25) is 9.69 Å². The minimum absolute atomic E-state index is 0.213. The van der Waals surface area contributed by atoms with E-state index >= 15 is 0 Å². The van der Waals surface area contributed by atoms with Gasteiger partial charge in [0.25, 0.3) is 0 Å². The lowest BCUT2D eigenvalue weighted by molar-refractivity contribution is -0.284. The Morgan fingerprint density at radius 1 is 1.29 bits per heavy atom. The minimum Gasteiger partial charge on any atom is -0.497 e. The number of carbonyl (C=O) groups is 1. The number of benzene rings is 1. The topological polar surface area (TPSA) is 77.5 Å². The van der Waals surface area contributed by atoms with Crippen molar-refractivity contribution in [3.05, 3.63) is 29.8 Å². The standard InChI is InChI=1S/C17H23NO6/c1-21-14-5-3-12(4-6-14)8-18-11-17(7-15(18)16(20)22-2)23-9-13(19)10-24-17/h3-6,13,15,19H,7-11H2,1-2H3/t13?,15-,17?/m1/s1. The normalized spacial score (nSPS) is 30.5. The molecule has 1 spiro atoms. The molecule has 0 unspecified atom stereocenters. The van der Waals surface area contributed by atoms with Gasteiger partial charge in [0.15, 0.2) is 5.79 Å². The van der Waals surface area contributed by atoms with Crippen LogP contribution in [0.5, 0.6) is 5.75 Å². The number of hydrogen-bond donors (Lipinski definition) is 1. The van der Waals surface area contributed by atoms with Crippen molar-refractivity contribution in [1.82, 2.24) is 4.90 Å². The maximum absolute atomic E-state index is 12.2. The molecular formula is C17H23NO6. The fraction of sp³-hybridized carbons (Fsp3) is 0.588. The van der Waals surface area contributed by atoms with E-state index in [1.165, 1.54) is 7.11 Å². The highest BCUT2D eigenvalue weighted by Crippen LogP contribution is 2.35. The zero-order chi connectivity index (χ0) is 17.2. The second-order valence-corrected chi connectivity index (χ2v) is 6.18. The summed E-state index contributed by atoms with van der Waals surface area (Å²) < 4.78 is 21.5. The highest BCUT2D eigenvalue weighted by molar-refractivity contribution is 5.76. The summed E-state index contributed by atoms with van der Waals surface area (Å²) in [6, 6.07) is 7.26. The lowest BCUT2D eigenvalue weighted by Crippen LogP contribution is -2.47. The van der Waals surface area contributed by atoms with Gasteiger partial charge in [-0.25, -0.2) is 0 Å². The van der Waals surface area contributed by atoms with E-state index in [9.17, 15) is 9.90 Å². The van der Waals surface area contributed by atoms with Gasteiger partial charge >= 0.3 is 5.97 Å². The molecule has 7 heteroatoms. The number of aliphatic hydroxyl groups is 1. The van der Waals surface area contributed by atoms with Crippen LogP contribution in [0.4, 0.5) is 0 Å². The van der Waals surface area contributed by atoms with Gasteiger partial charge in [0.2, 0.25) is 0 Å². The number of ether oxygens (including phenoxy) is 4. The first-order valence-corrected chi connectivity index (χ1v) is 7.96. The lowest BCUT2D eigenvalue weighted by atomic mass is 10.1. The molecule has 1 aromatic carbocycles. The second-order valence-electron chi connectivity index (χ2n) is 6.18. The number of nitrogens with zero attached hydrogens (tertiary/aromatic N) is 1. The molecule has 0 aliphatic carbocycles. The fourth-order valence-corrected chi connectivity index (χ4v) is 3.20. The van der Waals surface area contributed by atoms with Gasteiger partial charge in [-0.15, -0.1) is 0 Å². The predicted molar refractivity (Wildman–Crippen MR) is 84.5 cm³/mol. The van der Waals surface area contributed by atoms with Crippen LogP contribution in [0, 0.1) is 0 Å². The molecule has 7 nitrogen and oxygen atoms in total. The molecule has 0 radical (unpaired) electrons. The van der Waals surface area contributed by atoms with E-state index in [2.05, 4.69) is 0 Å². The van der Waals surface area contributed by atoms with Gasteiger partial charge in [-0.1, -0.05) is 12.1 Å².